The molecule has 1 aromatic heterocycles. The van der Waals surface area contributed by atoms with Crippen molar-refractivity contribution in [2.75, 3.05) is 19.7 Å². The van der Waals surface area contributed by atoms with E-state index in [0.29, 0.717) is 24.6 Å². The minimum absolute atomic E-state index is 0.0249. The lowest BCUT2D eigenvalue weighted by Crippen LogP contribution is -2.70. The number of likely N-dealkylation sites (tertiary alicyclic amines) is 1. The van der Waals surface area contributed by atoms with E-state index in [1.807, 2.05) is 41.2 Å². The van der Waals surface area contributed by atoms with Gasteiger partial charge in [-0.25, -0.2) is 0 Å². The van der Waals surface area contributed by atoms with Gasteiger partial charge in [0, 0.05) is 30.5 Å². The highest BCUT2D eigenvalue weighted by molar-refractivity contribution is 5.94. The van der Waals surface area contributed by atoms with Crippen LogP contribution in [0.5, 0.6) is 0 Å². The highest BCUT2D eigenvalue weighted by Crippen LogP contribution is 2.42. The number of amides is 1. The predicted molar refractivity (Wildman–Crippen MR) is 101 cm³/mol. The van der Waals surface area contributed by atoms with Gasteiger partial charge in [0.2, 0.25) is 0 Å². The predicted octanol–water partition coefficient (Wildman–Crippen LogP) is 1.91. The largest absolute Gasteiger partial charge is 0.376 e. The Hall–Kier alpha value is -2.18. The molecule has 142 valence electrons. The highest BCUT2D eigenvalue weighted by atomic mass is 16.5. The molecule has 2 aliphatic heterocycles. The van der Waals surface area contributed by atoms with Crippen LogP contribution in [0.25, 0.3) is 0 Å². The van der Waals surface area contributed by atoms with Crippen molar-refractivity contribution in [1.29, 1.82) is 0 Å². The summed E-state index contributed by atoms with van der Waals surface area (Å²) in [6, 6.07) is 10.3. The summed E-state index contributed by atoms with van der Waals surface area (Å²) in [6.07, 6.45) is 7.57. The van der Waals surface area contributed by atoms with Crippen LogP contribution in [0.2, 0.25) is 0 Å². The number of benzene rings is 1. The first-order valence-corrected chi connectivity index (χ1v) is 10.0. The van der Waals surface area contributed by atoms with Crippen LogP contribution in [0.15, 0.2) is 42.7 Å². The maximum absolute atomic E-state index is 13.0. The monoisotopic (exact) mass is 366 g/mol. The summed E-state index contributed by atoms with van der Waals surface area (Å²) in [5.41, 5.74) is 1.81. The molecular formula is C21H26N4O2. The van der Waals surface area contributed by atoms with Gasteiger partial charge in [0.25, 0.3) is 5.91 Å². The third-order valence-corrected chi connectivity index (χ3v) is 6.30. The molecule has 0 bridgehead atoms. The van der Waals surface area contributed by atoms with Crippen LogP contribution >= 0.6 is 0 Å². The summed E-state index contributed by atoms with van der Waals surface area (Å²) < 4.78 is 7.84. The smallest absolute Gasteiger partial charge is 0.251 e. The molecule has 4 atom stereocenters. The minimum atomic E-state index is 0.0249. The zero-order valence-corrected chi connectivity index (χ0v) is 15.5. The van der Waals surface area contributed by atoms with Crippen molar-refractivity contribution in [3.8, 4) is 0 Å². The maximum Gasteiger partial charge on any atom is 0.251 e. The average Bonchev–Trinajstić information content (AvgIpc) is 3.43. The molecule has 1 amide bonds. The van der Waals surface area contributed by atoms with E-state index in [2.05, 4.69) is 15.3 Å². The third kappa shape index (κ3) is 3.17. The van der Waals surface area contributed by atoms with Crippen molar-refractivity contribution in [3.05, 3.63) is 53.9 Å². The number of hydrogen-bond donors (Lipinski definition) is 1. The number of ether oxygens (including phenoxy) is 1. The van der Waals surface area contributed by atoms with Crippen LogP contribution < -0.4 is 5.32 Å². The highest BCUT2D eigenvalue weighted by Gasteiger charge is 2.56. The Morgan fingerprint density at radius 1 is 1.26 bits per heavy atom. The fourth-order valence-electron chi connectivity index (χ4n) is 4.97. The Labute approximate surface area is 159 Å². The van der Waals surface area contributed by atoms with Gasteiger partial charge in [-0.15, -0.1) is 0 Å². The van der Waals surface area contributed by atoms with E-state index < -0.39 is 0 Å². The number of aromatic nitrogens is 2. The van der Waals surface area contributed by atoms with Gasteiger partial charge in [-0.2, -0.15) is 5.10 Å². The quantitative estimate of drug-likeness (QED) is 0.878. The second-order valence-electron chi connectivity index (χ2n) is 7.92. The molecule has 3 fully saturated rings. The van der Waals surface area contributed by atoms with Crippen LogP contribution in [-0.2, 0) is 11.3 Å². The van der Waals surface area contributed by atoms with Crippen LogP contribution in [0.3, 0.4) is 0 Å². The Morgan fingerprint density at radius 3 is 2.96 bits per heavy atom. The summed E-state index contributed by atoms with van der Waals surface area (Å²) in [5.74, 6) is 0.490. The van der Waals surface area contributed by atoms with Crippen LogP contribution in [0.4, 0.5) is 0 Å². The fraction of sp³-hybridized carbons (Fsp3) is 0.524. The van der Waals surface area contributed by atoms with Gasteiger partial charge in [0.1, 0.15) is 0 Å². The zero-order chi connectivity index (χ0) is 18.2. The van der Waals surface area contributed by atoms with E-state index in [-0.39, 0.29) is 11.9 Å². The van der Waals surface area contributed by atoms with Crippen LogP contribution in [0.1, 0.15) is 35.2 Å². The maximum atomic E-state index is 13.0. The molecule has 6 nitrogen and oxygen atoms in total. The van der Waals surface area contributed by atoms with Gasteiger partial charge < -0.3 is 10.1 Å². The molecule has 2 aromatic rings. The van der Waals surface area contributed by atoms with Crippen molar-refractivity contribution >= 4 is 5.91 Å². The molecular weight excluding hydrogens is 340 g/mol. The Balaban J connectivity index is 1.29. The van der Waals surface area contributed by atoms with Crippen molar-refractivity contribution in [3.63, 3.8) is 0 Å². The number of carbonyl (C=O) groups excluding carboxylic acids is 1. The van der Waals surface area contributed by atoms with E-state index >= 15 is 0 Å². The van der Waals surface area contributed by atoms with E-state index in [0.717, 1.165) is 37.2 Å². The van der Waals surface area contributed by atoms with E-state index in [4.69, 9.17) is 4.74 Å². The van der Waals surface area contributed by atoms with Gasteiger partial charge in [-0.3, -0.25) is 14.4 Å². The van der Waals surface area contributed by atoms with Crippen molar-refractivity contribution in [2.45, 2.75) is 44.0 Å². The average molecular weight is 366 g/mol. The first kappa shape index (κ1) is 17.0. The Bertz CT molecular complexity index is 796. The molecule has 6 heteroatoms. The van der Waals surface area contributed by atoms with Crippen molar-refractivity contribution < 1.29 is 9.53 Å². The van der Waals surface area contributed by atoms with Crippen LogP contribution in [-0.4, -0.2) is 58.5 Å². The van der Waals surface area contributed by atoms with Gasteiger partial charge in [-0.05, 0) is 56.1 Å². The molecule has 1 saturated carbocycles. The SMILES string of the molecule is O=C(N[C@H]1[C@H]2CCO[C@H]2[C@@H]1N1CCCC1)c1cccc(Cn2cccn2)c1. The van der Waals surface area contributed by atoms with Crippen molar-refractivity contribution in [2.24, 2.45) is 5.92 Å². The lowest BCUT2D eigenvalue weighted by Gasteiger charge is -2.51. The van der Waals surface area contributed by atoms with E-state index in [9.17, 15) is 4.79 Å². The topological polar surface area (TPSA) is 59.4 Å². The van der Waals surface area contributed by atoms with E-state index in [1.165, 1.54) is 12.8 Å². The molecule has 1 aliphatic carbocycles. The normalized spacial score (nSPS) is 30.1. The molecule has 27 heavy (non-hydrogen) atoms. The molecule has 3 aliphatic rings. The zero-order valence-electron chi connectivity index (χ0n) is 15.5. The number of rotatable bonds is 5. The number of nitrogens with one attached hydrogen (secondary N) is 1. The molecule has 0 radical (unpaired) electrons. The standard InChI is InChI=1S/C21H26N4O2/c26-21(16-6-3-5-15(13-16)14-25-11-4-8-22-25)23-18-17-7-12-27-20(17)19(18)24-9-1-2-10-24/h3-6,8,11,13,17-20H,1-2,7,9-10,12,14H2,(H,23,26)/t17-,18+,19-,20-/m1/s1. The van der Waals surface area contributed by atoms with Gasteiger partial charge in [0.05, 0.1) is 24.7 Å². The molecule has 0 unspecified atom stereocenters. The summed E-state index contributed by atoms with van der Waals surface area (Å²) in [7, 11) is 0. The minimum Gasteiger partial charge on any atom is -0.376 e. The van der Waals surface area contributed by atoms with Crippen molar-refractivity contribution in [1.82, 2.24) is 20.0 Å². The number of nitrogens with zero attached hydrogens (tertiary/aromatic N) is 3. The van der Waals surface area contributed by atoms with Gasteiger partial charge >= 0.3 is 0 Å². The van der Waals surface area contributed by atoms with Gasteiger partial charge in [0.15, 0.2) is 0 Å². The first-order chi connectivity index (χ1) is 13.3. The molecule has 3 heterocycles. The van der Waals surface area contributed by atoms with E-state index in [1.54, 1.807) is 6.20 Å². The molecule has 0 spiro atoms. The second-order valence-corrected chi connectivity index (χ2v) is 7.92. The first-order valence-electron chi connectivity index (χ1n) is 10.0. The molecule has 2 saturated heterocycles. The number of carbonyl (C=O) groups is 1. The van der Waals surface area contributed by atoms with Gasteiger partial charge in [-0.1, -0.05) is 12.1 Å². The Morgan fingerprint density at radius 2 is 2.15 bits per heavy atom. The molecule has 1 N–H and O–H groups in total. The lowest BCUT2D eigenvalue weighted by atomic mass is 9.70. The fourth-order valence-corrected chi connectivity index (χ4v) is 4.97. The summed E-state index contributed by atoms with van der Waals surface area (Å²) in [5, 5.41) is 7.58. The second kappa shape index (κ2) is 7.09. The summed E-state index contributed by atoms with van der Waals surface area (Å²) in [6.45, 7) is 3.75. The molecule has 5 rings (SSSR count). The molecule has 1 aromatic carbocycles. The summed E-state index contributed by atoms with van der Waals surface area (Å²) in [4.78, 5) is 15.5. The Kier molecular flexibility index (Phi) is 4.45. The summed E-state index contributed by atoms with van der Waals surface area (Å²) >= 11 is 0. The number of hydrogen-bond acceptors (Lipinski definition) is 4. The van der Waals surface area contributed by atoms with Crippen LogP contribution in [0, 0.1) is 5.92 Å². The lowest BCUT2D eigenvalue weighted by molar-refractivity contribution is -0.0747. The third-order valence-electron chi connectivity index (χ3n) is 6.30. The number of fused-ring (bicyclic) bond motifs is 1.